The van der Waals surface area contributed by atoms with Gasteiger partial charge in [-0.2, -0.15) is 0 Å². The molecule has 0 unspecified atom stereocenters. The lowest BCUT2D eigenvalue weighted by atomic mass is 9.91. The molecule has 4 aromatic carbocycles. The fourth-order valence-corrected chi connectivity index (χ4v) is 3.45. The molecule has 0 fully saturated rings. The fourth-order valence-electron chi connectivity index (χ4n) is 3.45. The Morgan fingerprint density at radius 1 is 0.680 bits per heavy atom. The molecule has 4 aromatic rings. The van der Waals surface area contributed by atoms with E-state index in [1.807, 2.05) is 42.5 Å². The molecule has 0 aromatic heterocycles. The van der Waals surface area contributed by atoms with Crippen LogP contribution in [-0.2, 0) is 4.79 Å². The van der Waals surface area contributed by atoms with Gasteiger partial charge in [0.2, 0.25) is 0 Å². The maximum Gasteiger partial charge on any atom is 0.303 e. The Morgan fingerprint density at radius 2 is 1.32 bits per heavy atom. The smallest absolute Gasteiger partial charge is 0.303 e. The van der Waals surface area contributed by atoms with Crippen molar-refractivity contribution in [2.24, 2.45) is 0 Å². The molecule has 122 valence electrons. The summed E-state index contributed by atoms with van der Waals surface area (Å²) in [7, 11) is 0. The fraction of sp³-hybridized carbons (Fsp3) is 0.0909. The number of Topliss-reactive ketones (excluding diaryl/α,β-unsaturated/α-hetero) is 1. The molecule has 25 heavy (non-hydrogen) atoms. The van der Waals surface area contributed by atoms with Crippen LogP contribution in [0.15, 0.2) is 66.7 Å². The number of carbonyl (C=O) groups excluding carboxylic acids is 1. The maximum atomic E-state index is 12.7. The lowest BCUT2D eigenvalue weighted by molar-refractivity contribution is -0.136. The highest BCUT2D eigenvalue weighted by Crippen LogP contribution is 2.34. The molecule has 3 nitrogen and oxygen atoms in total. The summed E-state index contributed by atoms with van der Waals surface area (Å²) in [5.74, 6) is -1.09. The molecule has 0 aliphatic carbocycles. The number of carboxylic acids is 1. The average molecular weight is 328 g/mol. The number of fused-ring (bicyclic) bond motifs is 5. The molecule has 0 aliphatic rings. The van der Waals surface area contributed by atoms with E-state index < -0.39 is 5.97 Å². The molecule has 0 atom stereocenters. The third kappa shape index (κ3) is 2.64. The Labute approximate surface area is 144 Å². The zero-order valence-corrected chi connectivity index (χ0v) is 13.5. The number of rotatable bonds is 4. The third-order valence-corrected chi connectivity index (χ3v) is 4.63. The second-order valence-corrected chi connectivity index (χ2v) is 6.17. The molecule has 0 radical (unpaired) electrons. The topological polar surface area (TPSA) is 54.4 Å². The summed E-state index contributed by atoms with van der Waals surface area (Å²) in [6, 6.07) is 22.0. The van der Waals surface area contributed by atoms with Crippen LogP contribution in [0, 0.1) is 0 Å². The van der Waals surface area contributed by atoms with Gasteiger partial charge >= 0.3 is 5.97 Å². The second kappa shape index (κ2) is 6.02. The lowest BCUT2D eigenvalue weighted by Gasteiger charge is -2.12. The van der Waals surface area contributed by atoms with Gasteiger partial charge in [-0.1, -0.05) is 60.7 Å². The van der Waals surface area contributed by atoms with Crippen molar-refractivity contribution in [2.45, 2.75) is 12.8 Å². The van der Waals surface area contributed by atoms with Crippen molar-refractivity contribution < 1.29 is 14.7 Å². The molecular formula is C22H16O3. The number of aliphatic carboxylic acids is 1. The van der Waals surface area contributed by atoms with E-state index in [4.69, 9.17) is 5.11 Å². The van der Waals surface area contributed by atoms with Gasteiger partial charge in [-0.05, 0) is 38.4 Å². The van der Waals surface area contributed by atoms with Gasteiger partial charge in [-0.3, -0.25) is 9.59 Å². The van der Waals surface area contributed by atoms with Crippen LogP contribution in [0.25, 0.3) is 32.3 Å². The SMILES string of the molecule is O=C(O)CCC(=O)c1cc2c3ccccc3ccc2c2ccccc12. The highest BCUT2D eigenvalue weighted by molar-refractivity contribution is 6.22. The van der Waals surface area contributed by atoms with Crippen LogP contribution in [0.1, 0.15) is 23.2 Å². The minimum Gasteiger partial charge on any atom is -0.481 e. The number of carbonyl (C=O) groups is 2. The van der Waals surface area contributed by atoms with Gasteiger partial charge in [0.15, 0.2) is 5.78 Å². The Bertz CT molecular complexity index is 1140. The van der Waals surface area contributed by atoms with Crippen molar-refractivity contribution >= 4 is 44.1 Å². The highest BCUT2D eigenvalue weighted by atomic mass is 16.4. The van der Waals surface area contributed by atoms with Gasteiger partial charge < -0.3 is 5.11 Å². The van der Waals surface area contributed by atoms with Crippen molar-refractivity contribution in [3.63, 3.8) is 0 Å². The van der Waals surface area contributed by atoms with Crippen LogP contribution >= 0.6 is 0 Å². The summed E-state index contributed by atoms with van der Waals surface area (Å²) in [5.41, 5.74) is 0.598. The van der Waals surface area contributed by atoms with Gasteiger partial charge in [0, 0.05) is 12.0 Å². The number of hydrogen-bond acceptors (Lipinski definition) is 2. The van der Waals surface area contributed by atoms with Crippen LogP contribution in [-0.4, -0.2) is 16.9 Å². The molecule has 0 amide bonds. The zero-order valence-electron chi connectivity index (χ0n) is 13.5. The van der Waals surface area contributed by atoms with Gasteiger partial charge in [0.1, 0.15) is 0 Å². The molecule has 0 aliphatic heterocycles. The first-order valence-corrected chi connectivity index (χ1v) is 8.23. The molecule has 4 rings (SSSR count). The van der Waals surface area contributed by atoms with E-state index in [1.165, 1.54) is 0 Å². The highest BCUT2D eigenvalue weighted by Gasteiger charge is 2.15. The van der Waals surface area contributed by atoms with Crippen molar-refractivity contribution in [1.29, 1.82) is 0 Å². The summed E-state index contributed by atoms with van der Waals surface area (Å²) in [6.07, 6.45) is -0.143. The largest absolute Gasteiger partial charge is 0.481 e. The first kappa shape index (κ1) is 15.3. The average Bonchev–Trinajstić information content (AvgIpc) is 2.65. The first-order chi connectivity index (χ1) is 12.1. The van der Waals surface area contributed by atoms with E-state index >= 15 is 0 Å². The summed E-state index contributed by atoms with van der Waals surface area (Å²) < 4.78 is 0. The van der Waals surface area contributed by atoms with E-state index in [9.17, 15) is 9.59 Å². The van der Waals surface area contributed by atoms with Crippen LogP contribution in [0.3, 0.4) is 0 Å². The summed E-state index contributed by atoms with van der Waals surface area (Å²) in [6.45, 7) is 0. The van der Waals surface area contributed by atoms with E-state index in [2.05, 4.69) is 24.3 Å². The predicted octanol–water partition coefficient (Wildman–Crippen LogP) is 5.19. The van der Waals surface area contributed by atoms with E-state index in [0.717, 1.165) is 32.3 Å². The Hall–Kier alpha value is -3.20. The zero-order chi connectivity index (χ0) is 17.4. The monoisotopic (exact) mass is 328 g/mol. The van der Waals surface area contributed by atoms with Crippen molar-refractivity contribution in [2.75, 3.05) is 0 Å². The van der Waals surface area contributed by atoms with Crippen LogP contribution in [0.4, 0.5) is 0 Å². The summed E-state index contributed by atoms with van der Waals surface area (Å²) in [4.78, 5) is 23.5. The van der Waals surface area contributed by atoms with Gasteiger partial charge in [-0.15, -0.1) is 0 Å². The van der Waals surface area contributed by atoms with Crippen LogP contribution < -0.4 is 0 Å². The molecule has 0 saturated heterocycles. The maximum absolute atomic E-state index is 12.7. The van der Waals surface area contributed by atoms with Gasteiger partial charge in [0.05, 0.1) is 6.42 Å². The standard InChI is InChI=1S/C22H16O3/c23-21(11-12-22(24)25)20-13-19-15-6-2-1-5-14(15)9-10-18(19)16-7-3-4-8-17(16)20/h1-10,13H,11-12H2,(H,24,25). The number of ketones is 1. The van der Waals surface area contributed by atoms with Crippen LogP contribution in [0.5, 0.6) is 0 Å². The predicted molar refractivity (Wildman–Crippen MR) is 100 cm³/mol. The van der Waals surface area contributed by atoms with E-state index in [-0.39, 0.29) is 18.6 Å². The molecule has 0 spiro atoms. The Morgan fingerprint density at radius 3 is 2.08 bits per heavy atom. The van der Waals surface area contributed by atoms with Crippen LogP contribution in [0.2, 0.25) is 0 Å². The number of hydrogen-bond donors (Lipinski definition) is 1. The minimum atomic E-state index is -0.955. The van der Waals surface area contributed by atoms with Crippen molar-refractivity contribution in [3.8, 4) is 0 Å². The van der Waals surface area contributed by atoms with Crippen molar-refractivity contribution in [1.82, 2.24) is 0 Å². The lowest BCUT2D eigenvalue weighted by Crippen LogP contribution is -2.04. The minimum absolute atomic E-state index is 0.00952. The first-order valence-electron chi connectivity index (χ1n) is 8.23. The normalized spacial score (nSPS) is 11.2. The molecule has 3 heteroatoms. The Balaban J connectivity index is 2.04. The van der Waals surface area contributed by atoms with E-state index in [0.29, 0.717) is 5.56 Å². The molecule has 0 saturated carbocycles. The molecular weight excluding hydrogens is 312 g/mol. The van der Waals surface area contributed by atoms with Gasteiger partial charge in [-0.25, -0.2) is 0 Å². The Kier molecular flexibility index (Phi) is 3.69. The van der Waals surface area contributed by atoms with Crippen molar-refractivity contribution in [3.05, 3.63) is 72.3 Å². The number of carboxylic acid groups (broad SMARTS) is 1. The quantitative estimate of drug-likeness (QED) is 0.414. The third-order valence-electron chi connectivity index (χ3n) is 4.63. The summed E-state index contributed by atoms with van der Waals surface area (Å²) >= 11 is 0. The number of benzene rings is 4. The van der Waals surface area contributed by atoms with Gasteiger partial charge in [0.25, 0.3) is 0 Å². The molecule has 0 bridgehead atoms. The molecule has 1 N–H and O–H groups in total. The second-order valence-electron chi connectivity index (χ2n) is 6.17. The molecule has 0 heterocycles. The summed E-state index contributed by atoms with van der Waals surface area (Å²) in [5, 5.41) is 15.1. The van der Waals surface area contributed by atoms with E-state index in [1.54, 1.807) is 0 Å².